The Morgan fingerprint density at radius 3 is 0.839 bits per heavy atom. The molecule has 4 atom stereocenters. The maximum atomic E-state index is 12.7. The molecule has 0 spiro atoms. The van der Waals surface area contributed by atoms with Crippen LogP contribution in [0.1, 0.15) is 266 Å². The summed E-state index contributed by atoms with van der Waals surface area (Å²) in [5.74, 6) is 1.70. The van der Waals surface area contributed by atoms with E-state index in [2.05, 4.69) is 41.5 Å². The van der Waals surface area contributed by atoms with Crippen molar-refractivity contribution >= 4 is 17.9 Å². The van der Waals surface area contributed by atoms with Crippen molar-refractivity contribution in [1.29, 1.82) is 0 Å². The molecular weight excluding hydrogens is 697 g/mol. The highest BCUT2D eigenvalue weighted by atomic mass is 16.6. The van der Waals surface area contributed by atoms with Crippen molar-refractivity contribution in [2.75, 3.05) is 13.2 Å². The molecule has 0 saturated carbocycles. The predicted molar refractivity (Wildman–Crippen MR) is 238 cm³/mol. The first-order valence-electron chi connectivity index (χ1n) is 24.7. The van der Waals surface area contributed by atoms with Crippen molar-refractivity contribution in [3.05, 3.63) is 0 Å². The van der Waals surface area contributed by atoms with Crippen LogP contribution in [0.4, 0.5) is 0 Å². The lowest BCUT2D eigenvalue weighted by molar-refractivity contribution is -0.167. The van der Waals surface area contributed by atoms with Gasteiger partial charge in [0.05, 0.1) is 0 Å². The number of esters is 3. The van der Waals surface area contributed by atoms with Crippen LogP contribution in [0.3, 0.4) is 0 Å². The van der Waals surface area contributed by atoms with Crippen LogP contribution in [0.15, 0.2) is 0 Å². The highest BCUT2D eigenvalue weighted by molar-refractivity contribution is 5.71. The number of ether oxygens (including phenoxy) is 3. The first-order chi connectivity index (χ1) is 27.2. The van der Waals surface area contributed by atoms with Gasteiger partial charge in [0.1, 0.15) is 13.2 Å². The number of unbranched alkanes of at least 4 members (excludes halogenated alkanes) is 23. The maximum absolute atomic E-state index is 12.7. The molecule has 0 bridgehead atoms. The number of carbonyl (C=O) groups is 3. The third kappa shape index (κ3) is 39.2. The fourth-order valence-corrected chi connectivity index (χ4v) is 7.31. The predicted octanol–water partition coefficient (Wildman–Crippen LogP) is 15.6. The average molecular weight is 793 g/mol. The third-order valence-corrected chi connectivity index (χ3v) is 12.2. The van der Waals surface area contributed by atoms with E-state index >= 15 is 0 Å². The second-order valence-electron chi connectivity index (χ2n) is 17.8. The Hall–Kier alpha value is -1.59. The van der Waals surface area contributed by atoms with Gasteiger partial charge in [0.15, 0.2) is 6.10 Å². The minimum absolute atomic E-state index is 0.0659. The molecule has 0 heterocycles. The van der Waals surface area contributed by atoms with E-state index in [-0.39, 0.29) is 31.1 Å². The zero-order valence-corrected chi connectivity index (χ0v) is 38.4. The smallest absolute Gasteiger partial charge is 0.306 e. The second kappa shape index (κ2) is 41.6. The van der Waals surface area contributed by atoms with Gasteiger partial charge in [-0.3, -0.25) is 14.4 Å². The summed E-state index contributed by atoms with van der Waals surface area (Å²) < 4.78 is 16.8. The lowest BCUT2D eigenvalue weighted by atomic mass is 9.99. The minimum Gasteiger partial charge on any atom is -0.462 e. The van der Waals surface area contributed by atoms with Gasteiger partial charge in [-0.05, 0) is 37.0 Å². The van der Waals surface area contributed by atoms with Crippen LogP contribution >= 0.6 is 0 Å². The van der Waals surface area contributed by atoms with Gasteiger partial charge in [0.25, 0.3) is 0 Å². The molecule has 6 heteroatoms. The molecule has 0 aliphatic heterocycles. The lowest BCUT2D eigenvalue weighted by Crippen LogP contribution is -2.30. The van der Waals surface area contributed by atoms with E-state index in [0.717, 1.165) is 75.5 Å². The number of carbonyl (C=O) groups excluding carboxylic acids is 3. The zero-order valence-electron chi connectivity index (χ0n) is 38.4. The number of hydrogen-bond donors (Lipinski definition) is 0. The van der Waals surface area contributed by atoms with Crippen LogP contribution in [0, 0.1) is 17.8 Å². The topological polar surface area (TPSA) is 78.9 Å². The molecule has 0 aromatic carbocycles. The normalized spacial score (nSPS) is 13.6. The van der Waals surface area contributed by atoms with Crippen molar-refractivity contribution < 1.29 is 28.6 Å². The molecule has 0 aliphatic carbocycles. The van der Waals surface area contributed by atoms with E-state index in [1.54, 1.807) is 0 Å². The summed E-state index contributed by atoms with van der Waals surface area (Å²) in [5.41, 5.74) is 0. The Bertz CT molecular complexity index is 874. The van der Waals surface area contributed by atoms with Crippen LogP contribution in [-0.2, 0) is 28.6 Å². The van der Waals surface area contributed by atoms with Gasteiger partial charge >= 0.3 is 17.9 Å². The summed E-state index contributed by atoms with van der Waals surface area (Å²) in [6, 6.07) is 0. The minimum atomic E-state index is -0.763. The first kappa shape index (κ1) is 54.4. The van der Waals surface area contributed by atoms with Gasteiger partial charge in [-0.2, -0.15) is 0 Å². The number of rotatable bonds is 43. The molecule has 3 unspecified atom stereocenters. The van der Waals surface area contributed by atoms with Gasteiger partial charge in [-0.25, -0.2) is 0 Å². The van der Waals surface area contributed by atoms with E-state index in [1.165, 1.54) is 148 Å². The molecule has 0 aliphatic rings. The molecule has 0 amide bonds. The van der Waals surface area contributed by atoms with Crippen LogP contribution in [0.5, 0.6) is 0 Å². The van der Waals surface area contributed by atoms with Gasteiger partial charge in [-0.15, -0.1) is 0 Å². The van der Waals surface area contributed by atoms with Crippen LogP contribution in [-0.4, -0.2) is 37.2 Å². The van der Waals surface area contributed by atoms with E-state index in [1.807, 2.05) is 0 Å². The molecule has 0 aromatic heterocycles. The quantitative estimate of drug-likeness (QED) is 0.0348. The Morgan fingerprint density at radius 1 is 0.339 bits per heavy atom. The van der Waals surface area contributed by atoms with Crippen molar-refractivity contribution in [3.8, 4) is 0 Å². The lowest BCUT2D eigenvalue weighted by Gasteiger charge is -2.18. The number of hydrogen-bond acceptors (Lipinski definition) is 6. The summed E-state index contributed by atoms with van der Waals surface area (Å²) in [7, 11) is 0. The van der Waals surface area contributed by atoms with Crippen molar-refractivity contribution in [2.24, 2.45) is 17.8 Å². The Labute approximate surface area is 348 Å². The van der Waals surface area contributed by atoms with Gasteiger partial charge in [0.2, 0.25) is 0 Å². The fraction of sp³-hybridized carbons (Fsp3) is 0.940. The van der Waals surface area contributed by atoms with Gasteiger partial charge in [-0.1, -0.05) is 228 Å². The summed E-state index contributed by atoms with van der Waals surface area (Å²) in [6.07, 6.45) is 39.3. The van der Waals surface area contributed by atoms with E-state index in [9.17, 15) is 14.4 Å². The summed E-state index contributed by atoms with van der Waals surface area (Å²) in [4.78, 5) is 37.9. The van der Waals surface area contributed by atoms with Crippen LogP contribution in [0.2, 0.25) is 0 Å². The molecular formula is C50H96O6. The molecule has 332 valence electrons. The van der Waals surface area contributed by atoms with Crippen molar-refractivity contribution in [2.45, 2.75) is 272 Å². The molecule has 0 fully saturated rings. The maximum Gasteiger partial charge on any atom is 0.306 e. The molecule has 6 nitrogen and oxygen atoms in total. The van der Waals surface area contributed by atoms with Crippen molar-refractivity contribution in [3.63, 3.8) is 0 Å². The third-order valence-electron chi connectivity index (χ3n) is 12.2. The summed E-state index contributed by atoms with van der Waals surface area (Å²) in [6.45, 7) is 13.7. The Balaban J connectivity index is 4.36. The summed E-state index contributed by atoms with van der Waals surface area (Å²) in [5, 5.41) is 0. The molecule has 0 rings (SSSR count). The largest absolute Gasteiger partial charge is 0.462 e. The highest BCUT2D eigenvalue weighted by Gasteiger charge is 2.19. The highest BCUT2D eigenvalue weighted by Crippen LogP contribution is 2.18. The fourth-order valence-electron chi connectivity index (χ4n) is 7.31. The van der Waals surface area contributed by atoms with E-state index in [0.29, 0.717) is 19.3 Å². The Kier molecular flexibility index (Phi) is 40.4. The monoisotopic (exact) mass is 793 g/mol. The van der Waals surface area contributed by atoms with Crippen molar-refractivity contribution in [1.82, 2.24) is 0 Å². The van der Waals surface area contributed by atoms with Gasteiger partial charge in [0, 0.05) is 19.3 Å². The van der Waals surface area contributed by atoms with Gasteiger partial charge < -0.3 is 14.2 Å². The molecule has 56 heavy (non-hydrogen) atoms. The van der Waals surface area contributed by atoms with E-state index < -0.39 is 6.10 Å². The van der Waals surface area contributed by atoms with E-state index in [4.69, 9.17) is 14.2 Å². The SMILES string of the molecule is CCC(C)CCCCCCCCCCCCC(=O)OC[C@@H](COC(=O)CCCCCCCCCCC(C)CC)OC(=O)CCCCCCCCCCC(C)CC. The average Bonchev–Trinajstić information content (AvgIpc) is 3.20. The zero-order chi connectivity index (χ0) is 41.3. The van der Waals surface area contributed by atoms with Crippen LogP contribution < -0.4 is 0 Å². The molecule has 0 saturated heterocycles. The molecule has 0 radical (unpaired) electrons. The second-order valence-corrected chi connectivity index (χ2v) is 17.8. The van der Waals surface area contributed by atoms with Crippen LogP contribution in [0.25, 0.3) is 0 Å². The standard InChI is InChI=1S/C50H96O6/c1-7-44(4)36-30-24-18-12-10-11-13-21-27-33-39-48(51)54-42-47(56-50(53)41-35-29-23-17-15-20-26-32-38-46(6)9-3)43-55-49(52)40-34-28-22-16-14-19-25-31-37-45(5)8-2/h44-47H,7-43H2,1-6H3/t44?,45?,46?,47-/m0/s1. The molecule has 0 aromatic rings. The Morgan fingerprint density at radius 2 is 0.571 bits per heavy atom. The molecule has 0 N–H and O–H groups in total. The summed E-state index contributed by atoms with van der Waals surface area (Å²) >= 11 is 0. The first-order valence-corrected chi connectivity index (χ1v) is 24.7.